The van der Waals surface area contributed by atoms with Gasteiger partial charge in [-0.25, -0.2) is 9.97 Å². The average molecular weight is 482 g/mol. The summed E-state index contributed by atoms with van der Waals surface area (Å²) in [7, 11) is 0. The lowest BCUT2D eigenvalue weighted by Gasteiger charge is -2.41. The standard InChI is InChI=1S/C28H27N5O3/c1-3-36-23-15-33(18-7-5-4-6-8-18)27(34)21-11-17(9-10-20(21)23)22-14-32(19-12-28(2,35)13-19)26-24(22)25(29)30-16-31-26/h4-11,14-16,19,35H,3,12-13H2,1-2H3,(H2,29,30,31). The number of pyridine rings is 1. The lowest BCUT2D eigenvalue weighted by molar-refractivity contribution is -0.0498. The summed E-state index contributed by atoms with van der Waals surface area (Å²) < 4.78 is 9.61. The van der Waals surface area contributed by atoms with Crippen molar-refractivity contribution in [1.29, 1.82) is 0 Å². The molecular formula is C28H27N5O3. The first kappa shape index (κ1) is 22.3. The number of nitrogens with two attached hydrogens (primary N) is 1. The van der Waals surface area contributed by atoms with Crippen molar-refractivity contribution in [3.63, 3.8) is 0 Å². The van der Waals surface area contributed by atoms with E-state index < -0.39 is 5.60 Å². The van der Waals surface area contributed by atoms with Gasteiger partial charge in [0, 0.05) is 28.9 Å². The third kappa shape index (κ3) is 3.53. The molecule has 1 aliphatic rings. The molecule has 3 heterocycles. The maximum atomic E-state index is 13.7. The molecule has 0 radical (unpaired) electrons. The van der Waals surface area contributed by atoms with E-state index in [0.717, 1.165) is 33.2 Å². The van der Waals surface area contributed by atoms with Crippen LogP contribution in [0.4, 0.5) is 5.82 Å². The van der Waals surface area contributed by atoms with Crippen molar-refractivity contribution in [3.05, 3.63) is 77.6 Å². The average Bonchev–Trinajstić information content (AvgIpc) is 3.25. The van der Waals surface area contributed by atoms with Gasteiger partial charge in [-0.1, -0.05) is 24.3 Å². The summed E-state index contributed by atoms with van der Waals surface area (Å²) in [5.74, 6) is 1.02. The Labute approximate surface area is 207 Å². The van der Waals surface area contributed by atoms with Gasteiger partial charge >= 0.3 is 0 Å². The minimum Gasteiger partial charge on any atom is -0.492 e. The molecule has 182 valence electrons. The summed E-state index contributed by atoms with van der Waals surface area (Å²) in [6, 6.07) is 15.4. The molecule has 0 atom stereocenters. The quantitative estimate of drug-likeness (QED) is 0.383. The molecule has 1 aliphatic carbocycles. The molecule has 3 N–H and O–H groups in total. The van der Waals surface area contributed by atoms with Crippen molar-refractivity contribution in [2.75, 3.05) is 12.3 Å². The SMILES string of the molecule is CCOc1cn(-c2ccccc2)c(=O)c2cc(-c3cn(C4CC(C)(O)C4)c4ncnc(N)c34)ccc12. The molecule has 6 rings (SSSR count). The van der Waals surface area contributed by atoms with Gasteiger partial charge in [0.05, 0.1) is 29.2 Å². The van der Waals surface area contributed by atoms with E-state index in [1.165, 1.54) is 6.33 Å². The van der Waals surface area contributed by atoms with Crippen LogP contribution in [0.3, 0.4) is 0 Å². The number of aliphatic hydroxyl groups is 1. The fraction of sp³-hybridized carbons (Fsp3) is 0.250. The van der Waals surface area contributed by atoms with Crippen molar-refractivity contribution in [2.24, 2.45) is 0 Å². The number of ether oxygens (including phenoxy) is 1. The van der Waals surface area contributed by atoms with Crippen LogP contribution in [0.5, 0.6) is 5.75 Å². The van der Waals surface area contributed by atoms with Gasteiger partial charge in [-0.15, -0.1) is 0 Å². The van der Waals surface area contributed by atoms with Crippen LogP contribution in [-0.4, -0.2) is 36.4 Å². The third-order valence-corrected chi connectivity index (χ3v) is 7.01. The fourth-order valence-corrected chi connectivity index (χ4v) is 5.29. The molecule has 8 nitrogen and oxygen atoms in total. The Bertz CT molecular complexity index is 1660. The summed E-state index contributed by atoms with van der Waals surface area (Å²) >= 11 is 0. The smallest absolute Gasteiger partial charge is 0.263 e. The zero-order valence-corrected chi connectivity index (χ0v) is 20.2. The molecule has 0 saturated heterocycles. The Hall–Kier alpha value is -4.17. The first-order valence-corrected chi connectivity index (χ1v) is 12.1. The van der Waals surface area contributed by atoms with Crippen LogP contribution in [-0.2, 0) is 0 Å². The highest BCUT2D eigenvalue weighted by molar-refractivity contribution is 6.02. The van der Waals surface area contributed by atoms with E-state index in [9.17, 15) is 9.90 Å². The van der Waals surface area contributed by atoms with Crippen LogP contribution in [0.1, 0.15) is 32.7 Å². The largest absolute Gasteiger partial charge is 0.492 e. The Kier molecular flexibility index (Phi) is 5.08. The Morgan fingerprint density at radius 3 is 2.61 bits per heavy atom. The third-order valence-electron chi connectivity index (χ3n) is 7.01. The van der Waals surface area contributed by atoms with Gasteiger partial charge in [-0.05, 0) is 56.5 Å². The number of aromatic nitrogens is 4. The molecule has 0 bridgehead atoms. The Morgan fingerprint density at radius 1 is 1.11 bits per heavy atom. The van der Waals surface area contributed by atoms with Gasteiger partial charge in [0.15, 0.2) is 0 Å². The minimum absolute atomic E-state index is 0.117. The molecule has 0 aliphatic heterocycles. The van der Waals surface area contributed by atoms with Crippen LogP contribution in [0.25, 0.3) is 38.6 Å². The normalized spacial score (nSPS) is 19.5. The number of nitrogen functional groups attached to an aromatic ring is 1. The number of benzene rings is 2. The van der Waals surface area contributed by atoms with E-state index in [-0.39, 0.29) is 11.6 Å². The maximum Gasteiger partial charge on any atom is 0.263 e. The molecule has 8 heteroatoms. The Morgan fingerprint density at radius 2 is 1.89 bits per heavy atom. The lowest BCUT2D eigenvalue weighted by atomic mass is 9.77. The highest BCUT2D eigenvalue weighted by atomic mass is 16.5. The molecule has 0 spiro atoms. The Balaban J connectivity index is 1.57. The van der Waals surface area contributed by atoms with Crippen LogP contribution < -0.4 is 16.0 Å². The van der Waals surface area contributed by atoms with Crippen molar-refractivity contribution in [2.45, 2.75) is 38.3 Å². The highest BCUT2D eigenvalue weighted by Gasteiger charge is 2.40. The van der Waals surface area contributed by atoms with Crippen LogP contribution >= 0.6 is 0 Å². The van der Waals surface area contributed by atoms with E-state index in [1.807, 2.05) is 68.6 Å². The number of rotatable bonds is 5. The summed E-state index contributed by atoms with van der Waals surface area (Å²) in [6.45, 7) is 4.25. The van der Waals surface area contributed by atoms with E-state index in [4.69, 9.17) is 10.5 Å². The second kappa shape index (κ2) is 8.20. The zero-order chi connectivity index (χ0) is 25.0. The lowest BCUT2D eigenvalue weighted by Crippen LogP contribution is -2.41. The summed E-state index contributed by atoms with van der Waals surface area (Å²) in [4.78, 5) is 22.4. The monoisotopic (exact) mass is 481 g/mol. The molecule has 3 aromatic heterocycles. The number of nitrogens with zero attached hydrogens (tertiary/aromatic N) is 4. The number of fused-ring (bicyclic) bond motifs is 2. The van der Waals surface area contributed by atoms with Crippen molar-refractivity contribution >= 4 is 27.6 Å². The van der Waals surface area contributed by atoms with Gasteiger partial charge in [0.1, 0.15) is 23.5 Å². The summed E-state index contributed by atoms with van der Waals surface area (Å²) in [6.07, 6.45) is 6.50. The molecule has 5 aromatic rings. The summed E-state index contributed by atoms with van der Waals surface area (Å²) in [5.41, 5.74) is 8.69. The second-order valence-corrected chi connectivity index (χ2v) is 9.66. The number of anilines is 1. The first-order chi connectivity index (χ1) is 17.4. The molecular weight excluding hydrogens is 454 g/mol. The van der Waals surface area contributed by atoms with Crippen molar-refractivity contribution in [1.82, 2.24) is 19.1 Å². The second-order valence-electron chi connectivity index (χ2n) is 9.66. The minimum atomic E-state index is -0.679. The van der Waals surface area contributed by atoms with E-state index in [1.54, 1.807) is 10.8 Å². The van der Waals surface area contributed by atoms with E-state index in [2.05, 4.69) is 14.5 Å². The molecule has 2 aromatic carbocycles. The van der Waals surface area contributed by atoms with Gasteiger partial charge in [-0.3, -0.25) is 9.36 Å². The topological polar surface area (TPSA) is 108 Å². The van der Waals surface area contributed by atoms with Crippen LogP contribution in [0.15, 0.2) is 72.0 Å². The molecule has 36 heavy (non-hydrogen) atoms. The van der Waals surface area contributed by atoms with Crippen molar-refractivity contribution < 1.29 is 9.84 Å². The van der Waals surface area contributed by atoms with Crippen molar-refractivity contribution in [3.8, 4) is 22.6 Å². The zero-order valence-electron chi connectivity index (χ0n) is 20.2. The van der Waals surface area contributed by atoms with Gasteiger partial charge in [0.25, 0.3) is 5.56 Å². The number of para-hydroxylation sites is 1. The predicted octanol–water partition coefficient (Wildman–Crippen LogP) is 4.47. The van der Waals surface area contributed by atoms with E-state index in [0.29, 0.717) is 36.4 Å². The number of hydrogen-bond acceptors (Lipinski definition) is 6. The first-order valence-electron chi connectivity index (χ1n) is 12.1. The number of hydrogen-bond donors (Lipinski definition) is 2. The van der Waals surface area contributed by atoms with Crippen LogP contribution in [0, 0.1) is 0 Å². The molecule has 0 amide bonds. The van der Waals surface area contributed by atoms with Gasteiger partial charge < -0.3 is 20.1 Å². The molecule has 0 unspecified atom stereocenters. The van der Waals surface area contributed by atoms with Gasteiger partial charge in [-0.2, -0.15) is 0 Å². The van der Waals surface area contributed by atoms with Crippen LogP contribution in [0.2, 0.25) is 0 Å². The summed E-state index contributed by atoms with van der Waals surface area (Å²) in [5, 5.41) is 12.4. The van der Waals surface area contributed by atoms with Gasteiger partial charge in [0.2, 0.25) is 0 Å². The predicted molar refractivity (Wildman–Crippen MR) is 141 cm³/mol. The molecule has 1 fully saturated rings. The molecule has 1 saturated carbocycles. The highest BCUT2D eigenvalue weighted by Crippen LogP contribution is 2.45. The maximum absolute atomic E-state index is 13.7. The van der Waals surface area contributed by atoms with E-state index >= 15 is 0 Å². The fourth-order valence-electron chi connectivity index (χ4n) is 5.29.